The Hall–Kier alpha value is -6.64. The average Bonchev–Trinajstić information content (AvgIpc) is 3.73. The van der Waals surface area contributed by atoms with Gasteiger partial charge in [0.25, 0.3) is 0 Å². The van der Waals surface area contributed by atoms with E-state index in [9.17, 15) is 0 Å². The van der Waals surface area contributed by atoms with Crippen molar-refractivity contribution in [2.24, 2.45) is 0 Å². The van der Waals surface area contributed by atoms with E-state index in [1.54, 1.807) is 0 Å². The molecule has 0 saturated carbocycles. The molecule has 2 aromatic heterocycles. The third-order valence-electron chi connectivity index (χ3n) is 10.4. The van der Waals surface area contributed by atoms with E-state index >= 15 is 0 Å². The molecule has 9 aromatic carbocycles. The summed E-state index contributed by atoms with van der Waals surface area (Å²) in [5.41, 5.74) is 10.7. The summed E-state index contributed by atoms with van der Waals surface area (Å²) in [6.07, 6.45) is 0. The molecule has 11 rings (SSSR count). The molecule has 2 heteroatoms. The molecule has 2 heterocycles. The first kappa shape index (κ1) is 27.3. The maximum Gasteiger partial charge on any atom is 0.147 e. The van der Waals surface area contributed by atoms with Crippen LogP contribution in [0.1, 0.15) is 0 Å². The number of hydrogen-bond acceptors (Lipinski definition) is 2. The summed E-state index contributed by atoms with van der Waals surface area (Å²) in [5, 5.41) is 11.7. The molecular weight excluding hydrogens is 609 g/mol. The van der Waals surface area contributed by atoms with Gasteiger partial charge < -0.3 is 8.83 Å². The smallest absolute Gasteiger partial charge is 0.147 e. The fourth-order valence-corrected chi connectivity index (χ4v) is 8.17. The van der Waals surface area contributed by atoms with Crippen LogP contribution < -0.4 is 0 Å². The highest BCUT2D eigenvalue weighted by Gasteiger charge is 2.19. The van der Waals surface area contributed by atoms with Crippen molar-refractivity contribution >= 4 is 76.2 Å². The first-order valence-corrected chi connectivity index (χ1v) is 17.1. The van der Waals surface area contributed by atoms with Crippen molar-refractivity contribution in [2.75, 3.05) is 0 Å². The molecule has 50 heavy (non-hydrogen) atoms. The van der Waals surface area contributed by atoms with Crippen molar-refractivity contribution in [3.05, 3.63) is 170 Å². The maximum absolute atomic E-state index is 6.63. The van der Waals surface area contributed by atoms with Gasteiger partial charge in [0.2, 0.25) is 0 Å². The van der Waals surface area contributed by atoms with Crippen molar-refractivity contribution in [3.63, 3.8) is 0 Å². The zero-order valence-electron chi connectivity index (χ0n) is 27.0. The highest BCUT2D eigenvalue weighted by atomic mass is 16.3. The van der Waals surface area contributed by atoms with Crippen molar-refractivity contribution in [2.45, 2.75) is 0 Å². The van der Waals surface area contributed by atoms with Gasteiger partial charge in [-0.25, -0.2) is 0 Å². The molecule has 0 N–H and O–H groups in total. The van der Waals surface area contributed by atoms with Gasteiger partial charge in [-0.2, -0.15) is 0 Å². The predicted molar refractivity (Wildman–Crippen MR) is 210 cm³/mol. The minimum Gasteiger partial charge on any atom is -0.456 e. The Morgan fingerprint density at radius 2 is 0.860 bits per heavy atom. The minimum absolute atomic E-state index is 0.832. The van der Waals surface area contributed by atoms with E-state index in [2.05, 4.69) is 170 Å². The number of hydrogen-bond donors (Lipinski definition) is 0. The summed E-state index contributed by atoms with van der Waals surface area (Å²) >= 11 is 0. The van der Waals surface area contributed by atoms with Gasteiger partial charge in [0, 0.05) is 16.2 Å². The molecule has 0 spiro atoms. The van der Waals surface area contributed by atoms with Crippen LogP contribution in [0.2, 0.25) is 0 Å². The van der Waals surface area contributed by atoms with Gasteiger partial charge in [-0.3, -0.25) is 0 Å². The van der Waals surface area contributed by atoms with Crippen molar-refractivity contribution in [3.8, 4) is 33.4 Å². The fourth-order valence-electron chi connectivity index (χ4n) is 8.17. The van der Waals surface area contributed by atoms with E-state index in [1.165, 1.54) is 54.6 Å². The van der Waals surface area contributed by atoms with Gasteiger partial charge in [-0.1, -0.05) is 127 Å². The number of benzene rings is 9. The third kappa shape index (κ3) is 3.96. The zero-order chi connectivity index (χ0) is 32.8. The lowest BCUT2D eigenvalue weighted by molar-refractivity contribution is 0.663. The Kier molecular flexibility index (Phi) is 5.70. The molecular formula is C48H28O2. The van der Waals surface area contributed by atoms with E-state index in [0.717, 1.165) is 55.0 Å². The Bertz CT molecular complexity index is 3080. The van der Waals surface area contributed by atoms with Gasteiger partial charge in [-0.05, 0) is 108 Å². The third-order valence-corrected chi connectivity index (χ3v) is 10.4. The van der Waals surface area contributed by atoms with Crippen LogP contribution in [-0.4, -0.2) is 0 Å². The van der Waals surface area contributed by atoms with E-state index in [4.69, 9.17) is 8.83 Å². The van der Waals surface area contributed by atoms with Crippen LogP contribution in [0.4, 0.5) is 0 Å². The molecule has 0 bridgehead atoms. The minimum atomic E-state index is 0.832. The molecule has 11 aromatic rings. The number of fused-ring (bicyclic) bond motifs is 10. The maximum atomic E-state index is 6.63. The Balaban J connectivity index is 1.12. The largest absolute Gasteiger partial charge is 0.456 e. The predicted octanol–water partition coefficient (Wildman–Crippen LogP) is 13.9. The first-order chi connectivity index (χ1) is 24.8. The van der Waals surface area contributed by atoms with Crippen molar-refractivity contribution < 1.29 is 8.83 Å². The van der Waals surface area contributed by atoms with Gasteiger partial charge in [-0.15, -0.1) is 0 Å². The van der Waals surface area contributed by atoms with Crippen molar-refractivity contribution in [1.29, 1.82) is 0 Å². The highest BCUT2D eigenvalue weighted by Crippen LogP contribution is 2.45. The fraction of sp³-hybridized carbons (Fsp3) is 0. The molecule has 0 aliphatic heterocycles. The molecule has 0 fully saturated rings. The second-order valence-electron chi connectivity index (χ2n) is 13.2. The normalized spacial score (nSPS) is 12.0. The standard InChI is InChI=1S/C48H28O2/c1-2-11-29(12-3-1)45-35-17-6-8-19-37(35)46(38-20-9-7-18-36(38)45)34-16-10-15-30(25-34)33-21-23-42-41(27-33)47-43(49-42)24-22-39-40-26-31-13-4-5-14-32(31)28-44(40)50-48(39)47/h1-28H. The average molecular weight is 637 g/mol. The van der Waals surface area contributed by atoms with Crippen LogP contribution in [0, 0.1) is 0 Å². The van der Waals surface area contributed by atoms with Crippen LogP contribution >= 0.6 is 0 Å². The SMILES string of the molecule is c1ccc(-c2c3ccccc3c(-c3cccc(-c4ccc5oc6ccc7c8cc9ccccc9cc8oc7c6c5c4)c3)c3ccccc23)cc1. The summed E-state index contributed by atoms with van der Waals surface area (Å²) in [5.74, 6) is 0. The molecule has 0 atom stereocenters. The van der Waals surface area contributed by atoms with Gasteiger partial charge >= 0.3 is 0 Å². The first-order valence-electron chi connectivity index (χ1n) is 17.1. The summed E-state index contributed by atoms with van der Waals surface area (Å²) in [4.78, 5) is 0. The summed E-state index contributed by atoms with van der Waals surface area (Å²) in [7, 11) is 0. The second-order valence-corrected chi connectivity index (χ2v) is 13.2. The van der Waals surface area contributed by atoms with Crippen LogP contribution in [0.15, 0.2) is 179 Å². The molecule has 0 radical (unpaired) electrons. The number of rotatable bonds is 3. The molecule has 232 valence electrons. The van der Waals surface area contributed by atoms with Crippen LogP contribution in [0.3, 0.4) is 0 Å². The second kappa shape index (κ2) is 10.4. The van der Waals surface area contributed by atoms with E-state index < -0.39 is 0 Å². The quantitative estimate of drug-likeness (QED) is 0.180. The molecule has 0 amide bonds. The summed E-state index contributed by atoms with van der Waals surface area (Å²) < 4.78 is 13.0. The molecule has 0 aliphatic carbocycles. The van der Waals surface area contributed by atoms with E-state index in [0.29, 0.717) is 0 Å². The van der Waals surface area contributed by atoms with Crippen LogP contribution in [-0.2, 0) is 0 Å². The van der Waals surface area contributed by atoms with E-state index in [-0.39, 0.29) is 0 Å². The van der Waals surface area contributed by atoms with Gasteiger partial charge in [0.1, 0.15) is 22.3 Å². The Morgan fingerprint density at radius 3 is 1.60 bits per heavy atom. The van der Waals surface area contributed by atoms with Crippen LogP contribution in [0.5, 0.6) is 0 Å². The van der Waals surface area contributed by atoms with Gasteiger partial charge in [0.05, 0.1) is 5.39 Å². The summed E-state index contributed by atoms with van der Waals surface area (Å²) in [6, 6.07) is 60.9. The highest BCUT2D eigenvalue weighted by molar-refractivity contribution is 6.24. The Morgan fingerprint density at radius 1 is 0.280 bits per heavy atom. The topological polar surface area (TPSA) is 26.3 Å². The lowest BCUT2D eigenvalue weighted by atomic mass is 9.85. The van der Waals surface area contributed by atoms with E-state index in [1.807, 2.05) is 0 Å². The monoisotopic (exact) mass is 636 g/mol. The molecule has 0 saturated heterocycles. The van der Waals surface area contributed by atoms with Crippen LogP contribution in [0.25, 0.3) is 110 Å². The number of furan rings is 2. The molecule has 2 nitrogen and oxygen atoms in total. The van der Waals surface area contributed by atoms with Crippen molar-refractivity contribution in [1.82, 2.24) is 0 Å². The zero-order valence-corrected chi connectivity index (χ0v) is 27.0. The van der Waals surface area contributed by atoms with Gasteiger partial charge in [0.15, 0.2) is 0 Å². The molecule has 0 aliphatic rings. The lowest BCUT2D eigenvalue weighted by Crippen LogP contribution is -1.91. The molecule has 0 unspecified atom stereocenters. The Labute approximate surface area is 287 Å². The lowest BCUT2D eigenvalue weighted by Gasteiger charge is -2.18. The summed E-state index contributed by atoms with van der Waals surface area (Å²) in [6.45, 7) is 0.